The summed E-state index contributed by atoms with van der Waals surface area (Å²) in [6, 6.07) is 7.84. The van der Waals surface area contributed by atoms with Crippen molar-refractivity contribution in [2.24, 2.45) is 17.4 Å². The summed E-state index contributed by atoms with van der Waals surface area (Å²) in [5, 5.41) is 11.8. The van der Waals surface area contributed by atoms with Crippen LogP contribution in [-0.2, 0) is 16.1 Å². The minimum absolute atomic E-state index is 0.212. The third-order valence-corrected chi connectivity index (χ3v) is 6.77. The van der Waals surface area contributed by atoms with Crippen LogP contribution in [0, 0.1) is 5.92 Å². The maximum absolute atomic E-state index is 13.5. The van der Waals surface area contributed by atoms with Crippen LogP contribution in [0.2, 0.25) is 0 Å². The largest absolute Gasteiger partial charge is 0.399 e. The van der Waals surface area contributed by atoms with Crippen molar-refractivity contribution < 1.29 is 19.2 Å². The van der Waals surface area contributed by atoms with Gasteiger partial charge in [0.25, 0.3) is 5.91 Å². The number of fused-ring (bicyclic) bond motifs is 2. The number of benzene rings is 2. The molecule has 11 nitrogen and oxygen atoms in total. The van der Waals surface area contributed by atoms with E-state index in [0.717, 1.165) is 0 Å². The fourth-order valence-electron chi connectivity index (χ4n) is 4.26. The van der Waals surface area contributed by atoms with E-state index in [4.69, 9.17) is 17.2 Å². The van der Waals surface area contributed by atoms with E-state index in [0.29, 0.717) is 54.9 Å². The normalized spacial score (nSPS) is 19.0. The van der Waals surface area contributed by atoms with Gasteiger partial charge in [-0.15, -0.1) is 0 Å². The van der Waals surface area contributed by atoms with Gasteiger partial charge in [-0.05, 0) is 67.6 Å². The third-order valence-electron chi connectivity index (χ3n) is 6.77. The van der Waals surface area contributed by atoms with Gasteiger partial charge in [-0.2, -0.15) is 0 Å². The number of nitrogen functional groups attached to an aromatic ring is 1. The molecular formula is C27H37N7O4. The summed E-state index contributed by atoms with van der Waals surface area (Å²) in [4.78, 5) is 52.1. The van der Waals surface area contributed by atoms with Gasteiger partial charge in [0.2, 0.25) is 17.7 Å². The highest BCUT2D eigenvalue weighted by atomic mass is 16.2. The zero-order valence-electron chi connectivity index (χ0n) is 21.8. The molecule has 3 atom stereocenters. The van der Waals surface area contributed by atoms with Gasteiger partial charge < -0.3 is 38.5 Å². The van der Waals surface area contributed by atoms with Crippen LogP contribution >= 0.6 is 0 Å². The Morgan fingerprint density at radius 3 is 2.47 bits per heavy atom. The maximum Gasteiger partial charge on any atom is 0.254 e. The van der Waals surface area contributed by atoms with Gasteiger partial charge >= 0.3 is 0 Å². The van der Waals surface area contributed by atoms with Crippen LogP contribution in [0.4, 0.5) is 17.1 Å². The van der Waals surface area contributed by atoms with E-state index in [-0.39, 0.29) is 23.6 Å². The van der Waals surface area contributed by atoms with Crippen molar-refractivity contribution in [2.45, 2.75) is 58.2 Å². The Morgan fingerprint density at radius 1 is 1.03 bits per heavy atom. The molecule has 0 fully saturated rings. The molecule has 0 saturated heterocycles. The molecule has 11 heteroatoms. The zero-order valence-corrected chi connectivity index (χ0v) is 21.8. The number of anilines is 3. The number of carbonyl (C=O) groups excluding carboxylic acids is 4. The SMILES string of the molecule is CC[C@H](C)[C@@H]1NC(=O)c2cc(N)ccc2NCc2ccc(C(N)=O)cc2NC(=O)[C@H](CCCCN)NC1=O. The Labute approximate surface area is 222 Å². The number of hydrogen-bond acceptors (Lipinski definition) is 7. The summed E-state index contributed by atoms with van der Waals surface area (Å²) in [5.41, 5.74) is 19.5. The van der Waals surface area contributed by atoms with Crippen LogP contribution in [0.3, 0.4) is 0 Å². The Bertz CT molecular complexity index is 1200. The second kappa shape index (κ2) is 12.9. The molecular weight excluding hydrogens is 486 g/mol. The Morgan fingerprint density at radius 2 is 1.79 bits per heavy atom. The Hall–Kier alpha value is -4.12. The average Bonchev–Trinajstić information content (AvgIpc) is 2.89. The van der Waals surface area contributed by atoms with Gasteiger partial charge in [0, 0.05) is 29.2 Å². The van der Waals surface area contributed by atoms with Crippen molar-refractivity contribution in [3.8, 4) is 0 Å². The first-order valence-corrected chi connectivity index (χ1v) is 12.8. The van der Waals surface area contributed by atoms with Crippen molar-refractivity contribution in [2.75, 3.05) is 22.9 Å². The minimum Gasteiger partial charge on any atom is -0.399 e. The summed E-state index contributed by atoms with van der Waals surface area (Å²) < 4.78 is 0. The van der Waals surface area contributed by atoms with Crippen molar-refractivity contribution >= 4 is 40.7 Å². The molecule has 0 bridgehead atoms. The van der Waals surface area contributed by atoms with E-state index in [1.807, 2.05) is 13.8 Å². The fourth-order valence-corrected chi connectivity index (χ4v) is 4.26. The molecule has 0 radical (unpaired) electrons. The molecule has 10 N–H and O–H groups in total. The zero-order chi connectivity index (χ0) is 27.8. The first-order chi connectivity index (χ1) is 18.1. The minimum atomic E-state index is -0.888. The van der Waals surface area contributed by atoms with E-state index in [1.54, 1.807) is 30.3 Å². The number of amides is 4. The van der Waals surface area contributed by atoms with Crippen molar-refractivity contribution in [1.82, 2.24) is 10.6 Å². The lowest BCUT2D eigenvalue weighted by Crippen LogP contribution is -2.55. The topological polar surface area (TPSA) is 194 Å². The number of nitrogens with one attached hydrogen (secondary N) is 4. The molecule has 3 rings (SSSR count). The smallest absolute Gasteiger partial charge is 0.254 e. The molecule has 0 aromatic heterocycles. The summed E-state index contributed by atoms with van der Waals surface area (Å²) in [6.07, 6.45) is 2.25. The summed E-state index contributed by atoms with van der Waals surface area (Å²) in [6.45, 7) is 4.45. The van der Waals surface area contributed by atoms with Crippen LogP contribution in [0.5, 0.6) is 0 Å². The van der Waals surface area contributed by atoms with Gasteiger partial charge in [-0.3, -0.25) is 19.2 Å². The highest BCUT2D eigenvalue weighted by molar-refractivity contribution is 6.04. The molecule has 2 aromatic rings. The predicted octanol–water partition coefficient (Wildman–Crippen LogP) is 1.69. The van der Waals surface area contributed by atoms with Crippen molar-refractivity contribution in [3.63, 3.8) is 0 Å². The van der Waals surface area contributed by atoms with E-state index >= 15 is 0 Å². The molecule has 1 aliphatic heterocycles. The molecule has 0 aliphatic carbocycles. The van der Waals surface area contributed by atoms with Gasteiger partial charge in [0.05, 0.1) is 5.56 Å². The lowest BCUT2D eigenvalue weighted by Gasteiger charge is -2.28. The number of carbonyl (C=O) groups is 4. The summed E-state index contributed by atoms with van der Waals surface area (Å²) in [7, 11) is 0. The first-order valence-electron chi connectivity index (χ1n) is 12.8. The van der Waals surface area contributed by atoms with Crippen molar-refractivity contribution in [1.29, 1.82) is 0 Å². The Kier molecular flexibility index (Phi) is 9.66. The number of nitrogens with two attached hydrogens (primary N) is 3. The summed E-state index contributed by atoms with van der Waals surface area (Å²) in [5.74, 6) is -2.24. The number of rotatable bonds is 7. The number of unbranched alkanes of at least 4 members (excludes halogenated alkanes) is 1. The van der Waals surface area contributed by atoms with Crippen molar-refractivity contribution in [3.05, 3.63) is 53.1 Å². The van der Waals surface area contributed by atoms with Gasteiger partial charge in [0.15, 0.2) is 0 Å². The molecule has 4 amide bonds. The van der Waals surface area contributed by atoms with Crippen LogP contribution in [-0.4, -0.2) is 42.3 Å². The molecule has 0 spiro atoms. The second-order valence-corrected chi connectivity index (χ2v) is 9.57. The summed E-state index contributed by atoms with van der Waals surface area (Å²) >= 11 is 0. The maximum atomic E-state index is 13.5. The first kappa shape index (κ1) is 28.5. The van der Waals surface area contributed by atoms with Gasteiger partial charge in [0.1, 0.15) is 12.1 Å². The molecule has 0 saturated carbocycles. The van der Waals surface area contributed by atoms with Gasteiger partial charge in [-0.25, -0.2) is 0 Å². The quantitative estimate of drug-likeness (QED) is 0.212. The standard InChI is InChI=1S/C27H37N7O4/c1-3-15(2)23-27(38)32-21(6-4-5-11-28)26(37)33-22-12-16(24(30)35)7-8-17(22)14-31-20-10-9-18(29)13-19(20)25(36)34-23/h7-10,12-13,15,21,23,31H,3-6,11,14,28-29H2,1-2H3,(H2,30,35)(H,32,38)(H,33,37)(H,34,36)/t15-,21-,23-/m0/s1. The number of primary amides is 1. The molecule has 0 unspecified atom stereocenters. The van der Waals surface area contributed by atoms with Crippen LogP contribution in [0.15, 0.2) is 36.4 Å². The predicted molar refractivity (Wildman–Crippen MR) is 147 cm³/mol. The van der Waals surface area contributed by atoms with Gasteiger partial charge in [-0.1, -0.05) is 26.3 Å². The van der Waals surface area contributed by atoms with E-state index in [1.165, 1.54) is 6.07 Å². The third kappa shape index (κ3) is 7.00. The molecule has 2 aromatic carbocycles. The number of hydrogen-bond donors (Lipinski definition) is 7. The van der Waals surface area contributed by atoms with E-state index < -0.39 is 35.7 Å². The van der Waals surface area contributed by atoms with Crippen LogP contribution in [0.25, 0.3) is 0 Å². The second-order valence-electron chi connectivity index (χ2n) is 9.57. The highest BCUT2D eigenvalue weighted by Gasteiger charge is 2.31. The van der Waals surface area contributed by atoms with Crippen LogP contribution in [0.1, 0.15) is 65.8 Å². The van der Waals surface area contributed by atoms with E-state index in [2.05, 4.69) is 21.3 Å². The molecule has 1 aliphatic rings. The fraction of sp³-hybridized carbons (Fsp3) is 0.407. The lowest BCUT2D eigenvalue weighted by molar-refractivity contribution is -0.128. The highest BCUT2D eigenvalue weighted by Crippen LogP contribution is 2.24. The molecule has 1 heterocycles. The molecule has 204 valence electrons. The van der Waals surface area contributed by atoms with Crippen LogP contribution < -0.4 is 38.5 Å². The monoisotopic (exact) mass is 523 g/mol. The van der Waals surface area contributed by atoms with E-state index in [9.17, 15) is 19.2 Å². The Balaban J connectivity index is 2.09. The lowest BCUT2D eigenvalue weighted by atomic mass is 9.96. The molecule has 38 heavy (non-hydrogen) atoms. The average molecular weight is 524 g/mol.